The van der Waals surface area contributed by atoms with Crippen LogP contribution in [0.1, 0.15) is 45.3 Å². The van der Waals surface area contributed by atoms with E-state index in [0.29, 0.717) is 24.6 Å². The second kappa shape index (κ2) is 4.42. The Hall–Kier alpha value is -1.39. The van der Waals surface area contributed by atoms with E-state index in [1.165, 1.54) is 0 Å². The Bertz CT molecular complexity index is 339. The quantitative estimate of drug-likeness (QED) is 0.823. The van der Waals surface area contributed by atoms with Gasteiger partial charge in [-0.1, -0.05) is 25.9 Å². The lowest BCUT2D eigenvalue weighted by molar-refractivity contribution is -0.137. The smallest absolute Gasteiger partial charge is 0.303 e. The van der Waals surface area contributed by atoms with Crippen molar-refractivity contribution in [2.24, 2.45) is 0 Å². The van der Waals surface area contributed by atoms with Crippen molar-refractivity contribution in [1.29, 1.82) is 0 Å². The molecule has 0 amide bonds. The average molecular weight is 212 g/mol. The first-order valence-corrected chi connectivity index (χ1v) is 4.94. The molecule has 0 aliphatic heterocycles. The van der Waals surface area contributed by atoms with Gasteiger partial charge in [0.2, 0.25) is 5.89 Å². The van der Waals surface area contributed by atoms with Gasteiger partial charge in [-0.25, -0.2) is 0 Å². The van der Waals surface area contributed by atoms with E-state index in [9.17, 15) is 4.79 Å². The third kappa shape index (κ3) is 3.69. The molecule has 0 unspecified atom stereocenters. The van der Waals surface area contributed by atoms with Crippen LogP contribution in [-0.2, 0) is 16.6 Å². The maximum absolute atomic E-state index is 10.3. The number of aliphatic carboxylic acids is 1. The van der Waals surface area contributed by atoms with Gasteiger partial charge >= 0.3 is 5.97 Å². The Labute approximate surface area is 88.5 Å². The Morgan fingerprint density at radius 1 is 1.47 bits per heavy atom. The SMILES string of the molecule is CC(C)(C)c1noc(CCCC(=O)O)n1. The van der Waals surface area contributed by atoms with Gasteiger partial charge in [-0.2, -0.15) is 4.98 Å². The van der Waals surface area contributed by atoms with Gasteiger partial charge in [0.15, 0.2) is 5.82 Å². The van der Waals surface area contributed by atoms with Crippen LogP contribution >= 0.6 is 0 Å². The molecule has 1 heterocycles. The Balaban J connectivity index is 2.50. The molecular formula is C10H16N2O3. The summed E-state index contributed by atoms with van der Waals surface area (Å²) in [6.07, 6.45) is 1.18. The van der Waals surface area contributed by atoms with Crippen LogP contribution in [0.3, 0.4) is 0 Å². The molecule has 0 aliphatic carbocycles. The predicted octanol–water partition coefficient (Wildman–Crippen LogP) is 1.77. The topological polar surface area (TPSA) is 76.2 Å². The average Bonchev–Trinajstić information content (AvgIpc) is 2.51. The predicted molar refractivity (Wildman–Crippen MR) is 53.6 cm³/mol. The summed E-state index contributed by atoms with van der Waals surface area (Å²) in [4.78, 5) is 14.5. The maximum Gasteiger partial charge on any atom is 0.303 e. The van der Waals surface area contributed by atoms with Crippen LogP contribution in [0.2, 0.25) is 0 Å². The lowest BCUT2D eigenvalue weighted by atomic mass is 9.96. The fourth-order valence-electron chi connectivity index (χ4n) is 1.05. The highest BCUT2D eigenvalue weighted by Crippen LogP contribution is 2.18. The third-order valence-electron chi connectivity index (χ3n) is 1.92. The molecule has 0 atom stereocenters. The zero-order chi connectivity index (χ0) is 11.5. The highest BCUT2D eigenvalue weighted by molar-refractivity contribution is 5.66. The van der Waals surface area contributed by atoms with Gasteiger partial charge < -0.3 is 9.63 Å². The first-order valence-electron chi connectivity index (χ1n) is 4.94. The largest absolute Gasteiger partial charge is 0.481 e. The third-order valence-corrected chi connectivity index (χ3v) is 1.92. The van der Waals surface area contributed by atoms with Crippen LogP contribution < -0.4 is 0 Å². The van der Waals surface area contributed by atoms with Crippen LogP contribution in [-0.4, -0.2) is 21.2 Å². The molecule has 15 heavy (non-hydrogen) atoms. The summed E-state index contributed by atoms with van der Waals surface area (Å²) in [7, 11) is 0. The monoisotopic (exact) mass is 212 g/mol. The van der Waals surface area contributed by atoms with Gasteiger partial charge in [-0.3, -0.25) is 4.79 Å². The Morgan fingerprint density at radius 3 is 2.60 bits per heavy atom. The van der Waals surface area contributed by atoms with Crippen LogP contribution in [0.15, 0.2) is 4.52 Å². The number of hydrogen-bond acceptors (Lipinski definition) is 4. The Kier molecular flexibility index (Phi) is 3.44. The van der Waals surface area contributed by atoms with Crippen LogP contribution in [0.4, 0.5) is 0 Å². The van der Waals surface area contributed by atoms with E-state index in [0.717, 1.165) is 0 Å². The van der Waals surface area contributed by atoms with E-state index in [1.54, 1.807) is 0 Å². The van der Waals surface area contributed by atoms with E-state index < -0.39 is 5.97 Å². The van der Waals surface area contributed by atoms with Crippen LogP contribution in [0, 0.1) is 0 Å². The van der Waals surface area contributed by atoms with E-state index in [4.69, 9.17) is 9.63 Å². The number of carboxylic acid groups (broad SMARTS) is 1. The van der Waals surface area contributed by atoms with Crippen molar-refractivity contribution in [2.45, 2.75) is 45.4 Å². The van der Waals surface area contributed by atoms with Crippen molar-refractivity contribution in [1.82, 2.24) is 10.1 Å². The van der Waals surface area contributed by atoms with Crippen molar-refractivity contribution in [2.75, 3.05) is 0 Å². The maximum atomic E-state index is 10.3. The van der Waals surface area contributed by atoms with Crippen LogP contribution in [0.25, 0.3) is 0 Å². The summed E-state index contributed by atoms with van der Waals surface area (Å²) in [6, 6.07) is 0. The zero-order valence-electron chi connectivity index (χ0n) is 9.28. The number of carboxylic acids is 1. The number of rotatable bonds is 4. The van der Waals surface area contributed by atoms with Crippen molar-refractivity contribution in [3.05, 3.63) is 11.7 Å². The van der Waals surface area contributed by atoms with Gasteiger partial charge in [-0.15, -0.1) is 0 Å². The van der Waals surface area contributed by atoms with Crippen molar-refractivity contribution in [3.8, 4) is 0 Å². The summed E-state index contributed by atoms with van der Waals surface area (Å²) in [6.45, 7) is 6.00. The van der Waals surface area contributed by atoms with Gasteiger partial charge in [0, 0.05) is 18.3 Å². The molecule has 1 aromatic rings. The first-order chi connectivity index (χ1) is 6.89. The Morgan fingerprint density at radius 2 is 2.13 bits per heavy atom. The highest BCUT2D eigenvalue weighted by Gasteiger charge is 2.20. The molecule has 5 heteroatoms. The second-order valence-corrected chi connectivity index (χ2v) is 4.51. The summed E-state index contributed by atoms with van der Waals surface area (Å²) >= 11 is 0. The van der Waals surface area contributed by atoms with Crippen molar-refractivity contribution < 1.29 is 14.4 Å². The van der Waals surface area contributed by atoms with Gasteiger partial charge in [0.1, 0.15) is 0 Å². The summed E-state index contributed by atoms with van der Waals surface area (Å²) in [5.41, 5.74) is -0.130. The molecule has 0 aromatic carbocycles. The fourth-order valence-corrected chi connectivity index (χ4v) is 1.05. The molecule has 0 saturated heterocycles. The van der Waals surface area contributed by atoms with Gasteiger partial charge in [0.25, 0.3) is 0 Å². The number of carbonyl (C=O) groups is 1. The molecule has 0 fully saturated rings. The van der Waals surface area contributed by atoms with E-state index in [1.807, 2.05) is 20.8 Å². The standard InChI is InChI=1S/C10H16N2O3/c1-10(2,3)9-11-7(15-12-9)5-4-6-8(13)14/h4-6H2,1-3H3,(H,13,14). The molecule has 1 rings (SSSR count). The molecule has 0 aliphatic rings. The van der Waals surface area contributed by atoms with Crippen molar-refractivity contribution >= 4 is 5.97 Å². The lowest BCUT2D eigenvalue weighted by Gasteiger charge is -2.10. The molecule has 0 radical (unpaired) electrons. The molecule has 0 bridgehead atoms. The minimum atomic E-state index is -0.800. The molecule has 1 N–H and O–H groups in total. The van der Waals surface area contributed by atoms with Crippen LogP contribution in [0.5, 0.6) is 0 Å². The minimum Gasteiger partial charge on any atom is -0.481 e. The molecule has 5 nitrogen and oxygen atoms in total. The number of nitrogens with zero attached hydrogens (tertiary/aromatic N) is 2. The summed E-state index contributed by atoms with van der Waals surface area (Å²) in [5.74, 6) is 0.375. The molecule has 0 spiro atoms. The minimum absolute atomic E-state index is 0.130. The van der Waals surface area contributed by atoms with E-state index >= 15 is 0 Å². The van der Waals surface area contributed by atoms with E-state index in [2.05, 4.69) is 10.1 Å². The second-order valence-electron chi connectivity index (χ2n) is 4.51. The molecule has 84 valence electrons. The lowest BCUT2D eigenvalue weighted by Crippen LogP contribution is -2.13. The van der Waals surface area contributed by atoms with Crippen molar-refractivity contribution in [3.63, 3.8) is 0 Å². The number of hydrogen-bond donors (Lipinski definition) is 1. The molecule has 1 aromatic heterocycles. The highest BCUT2D eigenvalue weighted by atomic mass is 16.5. The fraction of sp³-hybridized carbons (Fsp3) is 0.700. The summed E-state index contributed by atoms with van der Waals surface area (Å²) < 4.78 is 5.02. The molecular weight excluding hydrogens is 196 g/mol. The summed E-state index contributed by atoms with van der Waals surface area (Å²) in [5, 5.41) is 12.3. The van der Waals surface area contributed by atoms with E-state index in [-0.39, 0.29) is 11.8 Å². The zero-order valence-corrected chi connectivity index (χ0v) is 9.28. The normalized spacial score (nSPS) is 11.7. The van der Waals surface area contributed by atoms with Gasteiger partial charge in [-0.05, 0) is 6.42 Å². The van der Waals surface area contributed by atoms with Gasteiger partial charge in [0.05, 0.1) is 0 Å². The number of aryl methyl sites for hydroxylation is 1. The molecule has 0 saturated carbocycles. The first kappa shape index (κ1) is 11.7. The number of aromatic nitrogens is 2.